The number of amides is 1. The van der Waals surface area contributed by atoms with Crippen LogP contribution >= 0.6 is 11.6 Å². The number of aromatic hydroxyl groups is 1. The summed E-state index contributed by atoms with van der Waals surface area (Å²) in [5.41, 5.74) is 3.28. The number of fused-ring (bicyclic) bond motifs is 1. The Kier molecular flexibility index (Phi) is 9.56. The van der Waals surface area contributed by atoms with Crippen LogP contribution in [0.5, 0.6) is 23.0 Å². The van der Waals surface area contributed by atoms with E-state index in [-0.39, 0.29) is 27.8 Å². The molecule has 6 N–H and O–H groups in total. The van der Waals surface area contributed by atoms with Gasteiger partial charge in [0.05, 0.1) is 11.0 Å². The van der Waals surface area contributed by atoms with Gasteiger partial charge in [0.15, 0.2) is 11.4 Å². The zero-order valence-electron chi connectivity index (χ0n) is 25.2. The van der Waals surface area contributed by atoms with Gasteiger partial charge in [0.2, 0.25) is 12.7 Å². The number of halogens is 1. The Morgan fingerprint density at radius 1 is 1.11 bits per heavy atom. The normalized spacial score (nSPS) is 21.5. The summed E-state index contributed by atoms with van der Waals surface area (Å²) >= 11 is 5.92. The highest BCUT2D eigenvalue weighted by molar-refractivity contribution is 6.30. The predicted octanol–water partition coefficient (Wildman–Crippen LogP) is 4.01. The third kappa shape index (κ3) is 6.81. The first-order chi connectivity index (χ1) is 21.8. The van der Waals surface area contributed by atoms with Crippen LogP contribution in [0.15, 0.2) is 69.9 Å². The number of ether oxygens (including phenoxy) is 5. The highest BCUT2D eigenvalue weighted by Gasteiger charge is 2.52. The number of hydrogen-bond donors (Lipinski definition) is 5. The molecule has 0 spiro atoms. The number of nitrogens with one attached hydrogen (secondary N) is 1. The van der Waals surface area contributed by atoms with Crippen molar-refractivity contribution >= 4 is 34.2 Å². The maximum atomic E-state index is 13.1. The van der Waals surface area contributed by atoms with E-state index in [0.29, 0.717) is 16.5 Å². The fourth-order valence-corrected chi connectivity index (χ4v) is 5.37. The van der Waals surface area contributed by atoms with Crippen molar-refractivity contribution in [1.82, 2.24) is 0 Å². The molecule has 1 fully saturated rings. The average Bonchev–Trinajstić information content (AvgIpc) is 3.00. The molecule has 244 valence electrons. The maximum absolute atomic E-state index is 13.1. The van der Waals surface area contributed by atoms with Crippen molar-refractivity contribution in [3.8, 4) is 23.0 Å². The van der Waals surface area contributed by atoms with Crippen LogP contribution in [-0.4, -0.2) is 65.0 Å². The van der Waals surface area contributed by atoms with Gasteiger partial charge in [0.25, 0.3) is 5.91 Å². The smallest absolute Gasteiger partial charge is 0.364 e. The summed E-state index contributed by atoms with van der Waals surface area (Å²) in [4.78, 5) is 26.1. The van der Waals surface area contributed by atoms with E-state index in [2.05, 4.69) is 5.32 Å². The van der Waals surface area contributed by atoms with Crippen molar-refractivity contribution in [3.05, 3.63) is 87.2 Å². The fraction of sp³-hybridized carbons (Fsp3) is 0.312. The lowest BCUT2D eigenvalue weighted by atomic mass is 9.89. The molecule has 13 nitrogen and oxygen atoms in total. The molecular weight excluding hydrogens is 624 g/mol. The predicted molar refractivity (Wildman–Crippen MR) is 166 cm³/mol. The van der Waals surface area contributed by atoms with Crippen molar-refractivity contribution in [2.24, 2.45) is 5.73 Å². The number of nitrogens with two attached hydrogens (primary N) is 1. The van der Waals surface area contributed by atoms with Crippen LogP contribution in [0.25, 0.3) is 11.0 Å². The molecule has 3 aromatic carbocycles. The van der Waals surface area contributed by atoms with E-state index in [1.807, 2.05) is 0 Å². The van der Waals surface area contributed by atoms with Crippen molar-refractivity contribution in [2.75, 3.05) is 12.4 Å². The first-order valence-electron chi connectivity index (χ1n) is 14.1. The number of aliphatic hydroxyl groups is 2. The molecule has 2 heterocycles. The van der Waals surface area contributed by atoms with Crippen LogP contribution in [-0.2, 0) is 14.2 Å². The molecule has 1 unspecified atom stereocenters. The van der Waals surface area contributed by atoms with E-state index >= 15 is 0 Å². The summed E-state index contributed by atoms with van der Waals surface area (Å²) in [6.07, 6.45) is -6.43. The molecule has 1 amide bonds. The van der Waals surface area contributed by atoms with Gasteiger partial charge in [-0.3, -0.25) is 10.5 Å². The Hall–Kier alpha value is -4.21. The number of anilines is 1. The average molecular weight is 657 g/mol. The van der Waals surface area contributed by atoms with Crippen LogP contribution in [0, 0.1) is 6.92 Å². The Bertz CT molecular complexity index is 1790. The minimum absolute atomic E-state index is 0.0270. The summed E-state index contributed by atoms with van der Waals surface area (Å²) in [6.45, 7) is 4.94. The Morgan fingerprint density at radius 3 is 2.50 bits per heavy atom. The fourth-order valence-electron chi connectivity index (χ4n) is 5.25. The second-order valence-electron chi connectivity index (χ2n) is 11.1. The minimum Gasteiger partial charge on any atom is -0.505 e. The van der Waals surface area contributed by atoms with Crippen LogP contribution in [0.1, 0.15) is 29.8 Å². The molecule has 5 rings (SSSR count). The first-order valence-corrected chi connectivity index (χ1v) is 14.5. The molecule has 0 saturated carbocycles. The molecule has 1 aromatic heterocycles. The molecule has 1 aliphatic rings. The zero-order valence-corrected chi connectivity index (χ0v) is 26.0. The lowest BCUT2D eigenvalue weighted by Crippen LogP contribution is -2.65. The molecule has 46 heavy (non-hydrogen) atoms. The summed E-state index contributed by atoms with van der Waals surface area (Å²) in [5.74, 6) is -0.208. The van der Waals surface area contributed by atoms with E-state index in [0.717, 1.165) is 0 Å². The lowest BCUT2D eigenvalue weighted by molar-refractivity contribution is -0.329. The van der Waals surface area contributed by atoms with Gasteiger partial charge in [-0.1, -0.05) is 17.7 Å². The van der Waals surface area contributed by atoms with Crippen LogP contribution in [0.4, 0.5) is 5.69 Å². The number of benzene rings is 3. The molecule has 1 aliphatic heterocycles. The summed E-state index contributed by atoms with van der Waals surface area (Å²) < 4.78 is 34.0. The summed E-state index contributed by atoms with van der Waals surface area (Å²) in [5, 5.41) is 34.7. The SMILES string of the molecule is CO[C@@H]1[C@@H](OC(N)O)[C@@H](O)[C@H](Oc2ccc3c(O)c(NC(=O)c4cccc(Oc5ccc(Cl)cc5)c4)c(=O)oc3c2C)OC1(C)C. The van der Waals surface area contributed by atoms with Gasteiger partial charge in [-0.05, 0) is 75.4 Å². The van der Waals surface area contributed by atoms with Gasteiger partial charge >= 0.3 is 5.63 Å². The van der Waals surface area contributed by atoms with Crippen molar-refractivity contribution in [2.45, 2.75) is 57.4 Å². The van der Waals surface area contributed by atoms with Gasteiger partial charge in [-0.25, -0.2) is 4.79 Å². The third-order valence-corrected chi connectivity index (χ3v) is 7.70. The van der Waals surface area contributed by atoms with E-state index in [1.165, 1.54) is 31.4 Å². The molecule has 1 saturated heterocycles. The minimum atomic E-state index is -1.70. The first kappa shape index (κ1) is 33.2. The summed E-state index contributed by atoms with van der Waals surface area (Å²) in [6, 6.07) is 15.8. The van der Waals surface area contributed by atoms with Crippen LogP contribution in [0.2, 0.25) is 5.02 Å². The second kappa shape index (κ2) is 13.3. The van der Waals surface area contributed by atoms with E-state index in [4.69, 9.17) is 45.4 Å². The second-order valence-corrected chi connectivity index (χ2v) is 11.5. The number of methoxy groups -OCH3 is 1. The molecule has 0 radical (unpaired) electrons. The molecule has 0 bridgehead atoms. The molecule has 0 aliphatic carbocycles. The van der Waals surface area contributed by atoms with Gasteiger partial charge in [0.1, 0.15) is 41.1 Å². The molecule has 14 heteroatoms. The monoisotopic (exact) mass is 656 g/mol. The molecule has 5 atom stereocenters. The van der Waals surface area contributed by atoms with Crippen molar-refractivity contribution in [3.63, 3.8) is 0 Å². The van der Waals surface area contributed by atoms with E-state index in [9.17, 15) is 24.9 Å². The number of aryl methyl sites for hydroxylation is 1. The number of carbonyl (C=O) groups excluding carboxylic acids is 1. The highest BCUT2D eigenvalue weighted by Crippen LogP contribution is 2.38. The topological polar surface area (TPSA) is 192 Å². The van der Waals surface area contributed by atoms with E-state index in [1.54, 1.807) is 57.2 Å². The molecular formula is C32H33ClN2O11. The lowest BCUT2D eigenvalue weighted by Gasteiger charge is -2.48. The van der Waals surface area contributed by atoms with Crippen molar-refractivity contribution in [1.29, 1.82) is 0 Å². The van der Waals surface area contributed by atoms with Crippen LogP contribution in [0.3, 0.4) is 0 Å². The molecule has 4 aromatic rings. The number of aliphatic hydroxyl groups excluding tert-OH is 2. The zero-order chi connectivity index (χ0) is 33.3. The third-order valence-electron chi connectivity index (χ3n) is 7.44. The highest BCUT2D eigenvalue weighted by atomic mass is 35.5. The van der Waals surface area contributed by atoms with Crippen molar-refractivity contribution < 1.29 is 48.2 Å². The standard InChI is InChI=1S/C32H33ClN2O11/c1-15-21(43-30-24(37)26(45-31(34)40)27(41-4)32(2,3)46-30)13-12-20-23(36)22(29(39)44-25(15)20)35-28(38)16-6-5-7-19(14-16)42-18-10-8-17(33)9-11-18/h5-14,24,26-27,30-31,36-37,40H,34H2,1-4H3,(H,35,38)/t24-,26+,27-,30-,31?/m1/s1. The quantitative estimate of drug-likeness (QED) is 0.129. The number of carbonyl (C=O) groups is 1. The van der Waals surface area contributed by atoms with Gasteiger partial charge in [-0.15, -0.1) is 0 Å². The number of rotatable bonds is 9. The number of hydrogen-bond acceptors (Lipinski definition) is 12. The Morgan fingerprint density at radius 2 is 1.83 bits per heavy atom. The van der Waals surface area contributed by atoms with Gasteiger partial charge < -0.3 is 48.7 Å². The Balaban J connectivity index is 1.38. The summed E-state index contributed by atoms with van der Waals surface area (Å²) in [7, 11) is 1.40. The Labute approximate surface area is 268 Å². The maximum Gasteiger partial charge on any atom is 0.364 e. The largest absolute Gasteiger partial charge is 0.505 e. The van der Waals surface area contributed by atoms with E-state index < -0.39 is 59.6 Å². The van der Waals surface area contributed by atoms with Gasteiger partial charge in [0, 0.05) is 23.3 Å². The van der Waals surface area contributed by atoms with Gasteiger partial charge in [-0.2, -0.15) is 0 Å². The van der Waals surface area contributed by atoms with Crippen LogP contribution < -0.4 is 26.1 Å².